The summed E-state index contributed by atoms with van der Waals surface area (Å²) in [5.74, 6) is -1.54. The van der Waals surface area contributed by atoms with Gasteiger partial charge in [0.1, 0.15) is 17.7 Å². The lowest BCUT2D eigenvalue weighted by Gasteiger charge is -2.05. The molecule has 18 heavy (non-hydrogen) atoms. The quantitative estimate of drug-likeness (QED) is 0.798. The number of nitriles is 1. The summed E-state index contributed by atoms with van der Waals surface area (Å²) in [5, 5.41) is 8.97. The van der Waals surface area contributed by atoms with Gasteiger partial charge < -0.3 is 4.98 Å². The first-order valence-electron chi connectivity index (χ1n) is 4.80. The van der Waals surface area contributed by atoms with Crippen LogP contribution >= 0.6 is 22.6 Å². The molecule has 0 unspecified atom stereocenters. The molecule has 0 saturated heterocycles. The third kappa shape index (κ3) is 2.41. The van der Waals surface area contributed by atoms with E-state index < -0.39 is 17.2 Å². The Balaban J connectivity index is 2.74. The monoisotopic (exact) mass is 358 g/mol. The van der Waals surface area contributed by atoms with Crippen LogP contribution in [-0.2, 0) is 0 Å². The molecule has 1 aromatic heterocycles. The molecule has 3 nitrogen and oxygen atoms in total. The predicted molar refractivity (Wildman–Crippen MR) is 69.8 cm³/mol. The third-order valence-corrected chi connectivity index (χ3v) is 3.07. The van der Waals surface area contributed by atoms with Gasteiger partial charge in [-0.3, -0.25) is 4.79 Å². The van der Waals surface area contributed by atoms with Crippen LogP contribution in [-0.4, -0.2) is 4.98 Å². The minimum Gasteiger partial charge on any atom is -0.320 e. The largest absolute Gasteiger partial charge is 0.320 e. The van der Waals surface area contributed by atoms with Crippen molar-refractivity contribution in [1.82, 2.24) is 4.98 Å². The van der Waals surface area contributed by atoms with Crippen molar-refractivity contribution in [2.24, 2.45) is 0 Å². The van der Waals surface area contributed by atoms with Crippen molar-refractivity contribution in [3.8, 4) is 17.3 Å². The maximum atomic E-state index is 13.1. The zero-order chi connectivity index (χ0) is 13.3. The molecule has 0 amide bonds. The number of nitrogens with one attached hydrogen (secondary N) is 1. The lowest BCUT2D eigenvalue weighted by atomic mass is 10.1. The van der Waals surface area contributed by atoms with Crippen LogP contribution in [0, 0.1) is 26.5 Å². The molecule has 0 aliphatic heterocycles. The fourth-order valence-electron chi connectivity index (χ4n) is 1.52. The number of hydrogen-bond donors (Lipinski definition) is 1. The fourth-order valence-corrected chi connectivity index (χ4v) is 1.97. The standard InChI is InChI=1S/C12H5F2IN2O/c13-8-1-6(2-9(14)4-8)11-7(5-16)3-10(15)12(18)17-11/h1-4H,(H,17,18). The third-order valence-electron chi connectivity index (χ3n) is 2.27. The number of aromatic nitrogens is 1. The van der Waals surface area contributed by atoms with Gasteiger partial charge in [-0.25, -0.2) is 8.78 Å². The Hall–Kier alpha value is -1.75. The number of aromatic amines is 1. The van der Waals surface area contributed by atoms with Crippen molar-refractivity contribution in [2.45, 2.75) is 0 Å². The van der Waals surface area contributed by atoms with Gasteiger partial charge in [-0.05, 0) is 40.8 Å². The van der Waals surface area contributed by atoms with Crippen molar-refractivity contribution in [3.63, 3.8) is 0 Å². The number of H-pyrrole nitrogens is 1. The second-order valence-corrected chi connectivity index (χ2v) is 4.67. The van der Waals surface area contributed by atoms with E-state index >= 15 is 0 Å². The molecule has 1 aromatic carbocycles. The summed E-state index contributed by atoms with van der Waals surface area (Å²) in [6, 6.07) is 6.09. The lowest BCUT2D eigenvalue weighted by molar-refractivity contribution is 0.584. The van der Waals surface area contributed by atoms with Crippen LogP contribution in [0.1, 0.15) is 5.56 Å². The number of hydrogen-bond acceptors (Lipinski definition) is 2. The van der Waals surface area contributed by atoms with Crippen LogP contribution in [0.5, 0.6) is 0 Å². The minimum atomic E-state index is -0.770. The molecule has 0 atom stereocenters. The van der Waals surface area contributed by atoms with Gasteiger partial charge >= 0.3 is 0 Å². The van der Waals surface area contributed by atoms with Gasteiger partial charge in [-0.15, -0.1) is 0 Å². The van der Waals surface area contributed by atoms with Crippen LogP contribution in [0.2, 0.25) is 0 Å². The molecule has 6 heteroatoms. The summed E-state index contributed by atoms with van der Waals surface area (Å²) < 4.78 is 26.6. The highest BCUT2D eigenvalue weighted by molar-refractivity contribution is 14.1. The van der Waals surface area contributed by atoms with Crippen molar-refractivity contribution < 1.29 is 8.78 Å². The Labute approximate surface area is 114 Å². The average Bonchev–Trinajstić information content (AvgIpc) is 2.30. The summed E-state index contributed by atoms with van der Waals surface area (Å²) in [6.07, 6.45) is 0. The Kier molecular flexibility index (Phi) is 3.43. The summed E-state index contributed by atoms with van der Waals surface area (Å²) in [6.45, 7) is 0. The summed E-state index contributed by atoms with van der Waals surface area (Å²) >= 11 is 1.78. The summed E-state index contributed by atoms with van der Waals surface area (Å²) in [5.41, 5.74) is -0.0165. The van der Waals surface area contributed by atoms with Crippen LogP contribution in [0.15, 0.2) is 29.1 Å². The normalized spacial score (nSPS) is 10.1. The zero-order valence-electron chi connectivity index (χ0n) is 8.80. The van der Waals surface area contributed by atoms with E-state index in [1.54, 1.807) is 22.6 Å². The Morgan fingerprint density at radius 1 is 1.17 bits per heavy atom. The van der Waals surface area contributed by atoms with Gasteiger partial charge in [0.05, 0.1) is 14.8 Å². The molecule has 0 spiro atoms. The second-order valence-electron chi connectivity index (χ2n) is 3.51. The van der Waals surface area contributed by atoms with Crippen molar-refractivity contribution >= 4 is 22.6 Å². The molecule has 1 N–H and O–H groups in total. The van der Waals surface area contributed by atoms with Gasteiger partial charge in [0, 0.05) is 11.6 Å². The zero-order valence-corrected chi connectivity index (χ0v) is 11.0. The number of pyridine rings is 1. The van der Waals surface area contributed by atoms with Crippen molar-refractivity contribution in [1.29, 1.82) is 5.26 Å². The molecule has 2 aromatic rings. The minimum absolute atomic E-state index is 0.112. The SMILES string of the molecule is N#Cc1cc(I)c(=O)[nH]c1-c1cc(F)cc(F)c1. The van der Waals surface area contributed by atoms with E-state index in [0.717, 1.165) is 18.2 Å². The molecular formula is C12H5F2IN2O. The highest BCUT2D eigenvalue weighted by Crippen LogP contribution is 2.22. The Morgan fingerprint density at radius 2 is 1.78 bits per heavy atom. The molecule has 0 saturated carbocycles. The van der Waals surface area contributed by atoms with Gasteiger partial charge in [-0.2, -0.15) is 5.26 Å². The molecule has 0 aliphatic rings. The maximum Gasteiger partial charge on any atom is 0.261 e. The second kappa shape index (κ2) is 4.86. The summed E-state index contributed by atoms with van der Waals surface area (Å²) in [7, 11) is 0. The van der Waals surface area contributed by atoms with Gasteiger partial charge in [-0.1, -0.05) is 0 Å². The topological polar surface area (TPSA) is 56.6 Å². The molecule has 0 bridgehead atoms. The highest BCUT2D eigenvalue weighted by atomic mass is 127. The van der Waals surface area contributed by atoms with Crippen molar-refractivity contribution in [3.05, 3.63) is 55.4 Å². The maximum absolute atomic E-state index is 13.1. The van der Waals surface area contributed by atoms with E-state index in [4.69, 9.17) is 5.26 Å². The first-order valence-corrected chi connectivity index (χ1v) is 5.88. The number of nitrogens with zero attached hydrogens (tertiary/aromatic N) is 1. The smallest absolute Gasteiger partial charge is 0.261 e. The van der Waals surface area contributed by atoms with Crippen LogP contribution in [0.25, 0.3) is 11.3 Å². The number of rotatable bonds is 1. The van der Waals surface area contributed by atoms with Gasteiger partial charge in [0.15, 0.2) is 0 Å². The van der Waals surface area contributed by atoms with Crippen molar-refractivity contribution in [2.75, 3.05) is 0 Å². The molecule has 0 fully saturated rings. The first-order chi connectivity index (χ1) is 8.51. The Bertz CT molecular complexity index is 699. The highest BCUT2D eigenvalue weighted by Gasteiger charge is 2.11. The van der Waals surface area contributed by atoms with Crippen LogP contribution in [0.3, 0.4) is 0 Å². The van der Waals surface area contributed by atoms with E-state index in [1.165, 1.54) is 6.07 Å². The predicted octanol–water partition coefficient (Wildman–Crippen LogP) is 2.80. The van der Waals surface area contributed by atoms with Crippen LogP contribution < -0.4 is 5.56 Å². The first kappa shape index (κ1) is 12.7. The van der Waals surface area contributed by atoms with E-state index in [1.807, 2.05) is 6.07 Å². The van der Waals surface area contributed by atoms with E-state index in [0.29, 0.717) is 3.57 Å². The summed E-state index contributed by atoms with van der Waals surface area (Å²) in [4.78, 5) is 13.9. The Morgan fingerprint density at radius 3 is 2.33 bits per heavy atom. The molecular weight excluding hydrogens is 353 g/mol. The number of benzene rings is 1. The van der Waals surface area contributed by atoms with E-state index in [-0.39, 0.29) is 16.8 Å². The lowest BCUT2D eigenvalue weighted by Crippen LogP contribution is -2.11. The van der Waals surface area contributed by atoms with E-state index in [2.05, 4.69) is 4.98 Å². The fraction of sp³-hybridized carbons (Fsp3) is 0. The molecule has 90 valence electrons. The number of halogens is 3. The molecule has 2 rings (SSSR count). The molecule has 0 aliphatic carbocycles. The molecule has 1 heterocycles. The average molecular weight is 358 g/mol. The van der Waals surface area contributed by atoms with Gasteiger partial charge in [0.2, 0.25) is 0 Å². The van der Waals surface area contributed by atoms with Crippen LogP contribution in [0.4, 0.5) is 8.78 Å². The molecule has 0 radical (unpaired) electrons. The van der Waals surface area contributed by atoms with Gasteiger partial charge in [0.25, 0.3) is 5.56 Å². The van der Waals surface area contributed by atoms with E-state index in [9.17, 15) is 13.6 Å².